The summed E-state index contributed by atoms with van der Waals surface area (Å²) < 4.78 is 75.9. The van der Waals surface area contributed by atoms with E-state index in [1.807, 2.05) is 6.92 Å². The van der Waals surface area contributed by atoms with Gasteiger partial charge in [0.25, 0.3) is 0 Å². The topological polar surface area (TPSA) is 9.23 Å². The number of alkyl halides is 4. The van der Waals surface area contributed by atoms with Crippen molar-refractivity contribution in [2.75, 3.05) is 6.61 Å². The molecular formula is C18H19F5O. The molecule has 0 saturated carbocycles. The summed E-state index contributed by atoms with van der Waals surface area (Å²) in [5.74, 6) is -11.1. The van der Waals surface area contributed by atoms with Gasteiger partial charge >= 0.3 is 11.8 Å². The highest BCUT2D eigenvalue weighted by Gasteiger charge is 2.64. The van der Waals surface area contributed by atoms with Crippen molar-refractivity contribution in [3.8, 4) is 0 Å². The fourth-order valence-electron chi connectivity index (χ4n) is 2.52. The molecule has 0 unspecified atom stereocenters. The molecule has 6 heteroatoms. The average Bonchev–Trinajstić information content (AvgIpc) is 2.50. The van der Waals surface area contributed by atoms with Crippen LogP contribution in [0.1, 0.15) is 37.8 Å². The summed E-state index contributed by atoms with van der Waals surface area (Å²) in [5.41, 5.74) is -0.935. The number of aryl methyl sites for hydroxylation is 1. The summed E-state index contributed by atoms with van der Waals surface area (Å²) in [4.78, 5) is 0. The molecule has 0 bridgehead atoms. The average molecular weight is 346 g/mol. The second-order valence-corrected chi connectivity index (χ2v) is 5.67. The Labute approximate surface area is 137 Å². The van der Waals surface area contributed by atoms with Crippen LogP contribution in [-0.2, 0) is 11.2 Å². The quantitative estimate of drug-likeness (QED) is 0.595. The smallest absolute Gasteiger partial charge is 0.370 e. The summed E-state index contributed by atoms with van der Waals surface area (Å²) in [6.45, 7) is 3.47. The predicted octanol–water partition coefficient (Wildman–Crippen LogP) is 5.76. The summed E-state index contributed by atoms with van der Waals surface area (Å²) in [6.07, 6.45) is 3.35. The number of halogens is 5. The molecule has 1 aromatic rings. The third-order valence-corrected chi connectivity index (χ3v) is 3.77. The molecule has 0 aliphatic heterocycles. The van der Waals surface area contributed by atoms with E-state index < -0.39 is 34.6 Å². The Bertz CT molecular complexity index is 661. The molecule has 0 spiro atoms. The summed E-state index contributed by atoms with van der Waals surface area (Å²) in [6, 6.07) is 3.71. The molecule has 0 aromatic heterocycles. The minimum Gasteiger partial charge on any atom is -0.491 e. The minimum absolute atomic E-state index is 0.0965. The van der Waals surface area contributed by atoms with Crippen molar-refractivity contribution >= 4 is 5.57 Å². The highest BCUT2D eigenvalue weighted by Crippen LogP contribution is 2.51. The normalized spacial score (nSPS) is 18.8. The van der Waals surface area contributed by atoms with Crippen molar-refractivity contribution in [3.05, 3.63) is 53.1 Å². The second-order valence-electron chi connectivity index (χ2n) is 5.67. The van der Waals surface area contributed by atoms with Crippen LogP contribution in [0.25, 0.3) is 5.57 Å². The first-order valence-corrected chi connectivity index (χ1v) is 7.85. The van der Waals surface area contributed by atoms with Gasteiger partial charge in [-0.1, -0.05) is 32.4 Å². The van der Waals surface area contributed by atoms with Crippen LogP contribution in [-0.4, -0.2) is 18.5 Å². The van der Waals surface area contributed by atoms with Gasteiger partial charge in [0, 0.05) is 11.1 Å². The Morgan fingerprint density at radius 3 is 2.25 bits per heavy atom. The first-order valence-electron chi connectivity index (χ1n) is 7.85. The van der Waals surface area contributed by atoms with E-state index in [2.05, 4.69) is 0 Å². The van der Waals surface area contributed by atoms with Gasteiger partial charge in [-0.15, -0.1) is 0 Å². The number of hydrogen-bond donors (Lipinski definition) is 0. The van der Waals surface area contributed by atoms with Gasteiger partial charge in [0.15, 0.2) is 5.76 Å². The molecule has 24 heavy (non-hydrogen) atoms. The summed E-state index contributed by atoms with van der Waals surface area (Å²) in [7, 11) is 0. The first kappa shape index (κ1) is 18.5. The van der Waals surface area contributed by atoms with Crippen LogP contribution < -0.4 is 0 Å². The van der Waals surface area contributed by atoms with Gasteiger partial charge in [0.1, 0.15) is 5.82 Å². The fraction of sp³-hybridized carbons (Fsp3) is 0.444. The van der Waals surface area contributed by atoms with E-state index >= 15 is 0 Å². The Kier molecular flexibility index (Phi) is 5.35. The van der Waals surface area contributed by atoms with E-state index in [1.54, 1.807) is 6.92 Å². The Morgan fingerprint density at radius 2 is 1.67 bits per heavy atom. The van der Waals surface area contributed by atoms with Crippen LogP contribution in [0.3, 0.4) is 0 Å². The molecule has 1 aliphatic rings. The standard InChI is InChI=1S/C18H19F5O/c1-3-5-12-6-7-13(15(19)11-12)14-8-9-16(24-10-4-2)18(22,23)17(14,20)21/h6-9,11H,3-5,10H2,1-2H3. The van der Waals surface area contributed by atoms with Gasteiger partial charge in [-0.25, -0.2) is 4.39 Å². The zero-order chi connectivity index (χ0) is 18.0. The van der Waals surface area contributed by atoms with Crippen LogP contribution in [0.4, 0.5) is 22.0 Å². The van der Waals surface area contributed by atoms with Crippen molar-refractivity contribution in [3.63, 3.8) is 0 Å². The van der Waals surface area contributed by atoms with E-state index in [9.17, 15) is 22.0 Å². The van der Waals surface area contributed by atoms with Crippen molar-refractivity contribution in [1.82, 2.24) is 0 Å². The fourth-order valence-corrected chi connectivity index (χ4v) is 2.52. The molecule has 1 aromatic carbocycles. The minimum atomic E-state index is -4.56. The van der Waals surface area contributed by atoms with E-state index in [0.29, 0.717) is 18.4 Å². The van der Waals surface area contributed by atoms with Gasteiger partial charge in [-0.05, 0) is 36.6 Å². The molecule has 0 saturated heterocycles. The van der Waals surface area contributed by atoms with Gasteiger partial charge in [-0.2, -0.15) is 17.6 Å². The molecule has 1 nitrogen and oxygen atoms in total. The molecular weight excluding hydrogens is 327 g/mol. The number of rotatable bonds is 6. The third-order valence-electron chi connectivity index (χ3n) is 3.77. The zero-order valence-corrected chi connectivity index (χ0v) is 13.5. The van der Waals surface area contributed by atoms with Gasteiger partial charge in [0.2, 0.25) is 0 Å². The van der Waals surface area contributed by atoms with Crippen molar-refractivity contribution in [2.24, 2.45) is 0 Å². The van der Waals surface area contributed by atoms with E-state index in [4.69, 9.17) is 4.74 Å². The Hall–Kier alpha value is -1.85. The van der Waals surface area contributed by atoms with E-state index in [1.165, 1.54) is 6.07 Å². The van der Waals surface area contributed by atoms with Crippen LogP contribution in [0.2, 0.25) is 0 Å². The maximum absolute atomic E-state index is 14.3. The highest BCUT2D eigenvalue weighted by molar-refractivity contribution is 5.76. The summed E-state index contributed by atoms with van der Waals surface area (Å²) in [5, 5.41) is 0. The number of ether oxygens (including phenoxy) is 1. The first-order chi connectivity index (χ1) is 11.3. The Balaban J connectivity index is 2.46. The number of benzene rings is 1. The lowest BCUT2D eigenvalue weighted by atomic mass is 9.89. The summed E-state index contributed by atoms with van der Waals surface area (Å²) >= 11 is 0. The molecule has 0 radical (unpaired) electrons. The molecule has 0 atom stereocenters. The van der Waals surface area contributed by atoms with Crippen molar-refractivity contribution in [1.29, 1.82) is 0 Å². The Morgan fingerprint density at radius 1 is 0.958 bits per heavy atom. The van der Waals surface area contributed by atoms with Crippen LogP contribution in [0.15, 0.2) is 36.1 Å². The molecule has 132 valence electrons. The van der Waals surface area contributed by atoms with Gasteiger partial charge < -0.3 is 4.74 Å². The van der Waals surface area contributed by atoms with Crippen LogP contribution in [0, 0.1) is 5.82 Å². The third kappa shape index (κ3) is 3.19. The lowest BCUT2D eigenvalue weighted by Crippen LogP contribution is -2.45. The SMILES string of the molecule is CCCOC1=CC=C(c2ccc(CCC)cc2F)C(F)(F)C1(F)F. The zero-order valence-electron chi connectivity index (χ0n) is 13.5. The van der Waals surface area contributed by atoms with E-state index in [-0.39, 0.29) is 6.61 Å². The molecule has 1 aliphatic carbocycles. The van der Waals surface area contributed by atoms with Gasteiger partial charge in [-0.3, -0.25) is 0 Å². The van der Waals surface area contributed by atoms with Crippen LogP contribution >= 0.6 is 0 Å². The van der Waals surface area contributed by atoms with Gasteiger partial charge in [0.05, 0.1) is 6.61 Å². The largest absolute Gasteiger partial charge is 0.491 e. The van der Waals surface area contributed by atoms with Crippen molar-refractivity contribution < 1.29 is 26.7 Å². The number of allylic oxidation sites excluding steroid dienone is 4. The highest BCUT2D eigenvalue weighted by atomic mass is 19.3. The monoisotopic (exact) mass is 346 g/mol. The lowest BCUT2D eigenvalue weighted by Gasteiger charge is -2.33. The lowest BCUT2D eigenvalue weighted by molar-refractivity contribution is -0.172. The maximum atomic E-state index is 14.3. The van der Waals surface area contributed by atoms with E-state index in [0.717, 1.165) is 30.7 Å². The molecule has 0 heterocycles. The second kappa shape index (κ2) is 6.95. The maximum Gasteiger partial charge on any atom is 0.370 e. The van der Waals surface area contributed by atoms with Crippen molar-refractivity contribution in [2.45, 2.75) is 45.0 Å². The molecule has 0 amide bonds. The predicted molar refractivity (Wildman–Crippen MR) is 82.6 cm³/mol. The molecule has 0 N–H and O–H groups in total. The van der Waals surface area contributed by atoms with Crippen LogP contribution in [0.5, 0.6) is 0 Å². The molecule has 2 rings (SSSR count). The molecule has 0 fully saturated rings. The number of hydrogen-bond acceptors (Lipinski definition) is 1.